The molecule has 0 atom stereocenters. The number of carbonyl (C=O) groups is 1. The minimum absolute atomic E-state index is 0.0367. The summed E-state index contributed by atoms with van der Waals surface area (Å²) in [6, 6.07) is 16.1. The van der Waals surface area contributed by atoms with Crippen molar-refractivity contribution in [2.24, 2.45) is 23.2 Å². The standard InChI is InChI=1S/C26H28N2OS/c29-24(27-10-9-26-14-17-11-18(15-26)13-19(12-17)16-26)20-5-1-2-6-21(20)25-28-22-7-3-4-8-23(22)30-25/h1-8,17-19H,9-16H2,(H,27,29). The molecule has 154 valence electrons. The molecule has 7 rings (SSSR count). The number of nitrogens with zero attached hydrogens (tertiary/aromatic N) is 1. The molecule has 0 spiro atoms. The van der Waals surface area contributed by atoms with Gasteiger partial charge in [-0.05, 0) is 86.3 Å². The molecule has 1 aromatic heterocycles. The first kappa shape index (κ1) is 18.6. The van der Waals surface area contributed by atoms with Crippen LogP contribution in [-0.4, -0.2) is 17.4 Å². The molecule has 1 heterocycles. The van der Waals surface area contributed by atoms with Crippen LogP contribution in [0.2, 0.25) is 0 Å². The molecule has 4 aliphatic carbocycles. The highest BCUT2D eigenvalue weighted by Crippen LogP contribution is 2.61. The van der Waals surface area contributed by atoms with Gasteiger partial charge in [-0.1, -0.05) is 30.3 Å². The predicted octanol–water partition coefficient (Wildman–Crippen LogP) is 6.30. The largest absolute Gasteiger partial charge is 0.352 e. The first-order valence-electron chi connectivity index (χ1n) is 11.4. The molecule has 4 fully saturated rings. The molecule has 4 saturated carbocycles. The number of hydrogen-bond donors (Lipinski definition) is 1. The molecule has 3 nitrogen and oxygen atoms in total. The number of para-hydroxylation sites is 1. The second-order valence-electron chi connectivity index (χ2n) is 9.96. The van der Waals surface area contributed by atoms with Crippen molar-refractivity contribution < 1.29 is 4.79 Å². The molecule has 0 radical (unpaired) electrons. The predicted molar refractivity (Wildman–Crippen MR) is 123 cm³/mol. The van der Waals surface area contributed by atoms with E-state index in [-0.39, 0.29) is 5.91 Å². The highest BCUT2D eigenvalue weighted by molar-refractivity contribution is 7.21. The Morgan fingerprint density at radius 1 is 0.967 bits per heavy atom. The summed E-state index contributed by atoms with van der Waals surface area (Å²) in [6.07, 6.45) is 9.76. The highest BCUT2D eigenvalue weighted by Gasteiger charge is 2.50. The summed E-state index contributed by atoms with van der Waals surface area (Å²) >= 11 is 1.65. The van der Waals surface area contributed by atoms with E-state index in [0.29, 0.717) is 5.41 Å². The summed E-state index contributed by atoms with van der Waals surface area (Å²) in [5.41, 5.74) is 3.18. The van der Waals surface area contributed by atoms with Gasteiger partial charge in [0.15, 0.2) is 0 Å². The summed E-state index contributed by atoms with van der Waals surface area (Å²) in [5.74, 6) is 2.93. The lowest BCUT2D eigenvalue weighted by molar-refractivity contribution is -0.0564. The number of hydrogen-bond acceptors (Lipinski definition) is 3. The van der Waals surface area contributed by atoms with E-state index in [1.165, 1.54) is 38.5 Å². The SMILES string of the molecule is O=C(NCCC12CC3CC(CC(C3)C1)C2)c1ccccc1-c1nc2ccccc2s1. The molecule has 0 saturated heterocycles. The van der Waals surface area contributed by atoms with E-state index < -0.39 is 0 Å². The van der Waals surface area contributed by atoms with E-state index in [1.807, 2.05) is 42.5 Å². The molecule has 3 aromatic rings. The van der Waals surface area contributed by atoms with Crippen LogP contribution >= 0.6 is 11.3 Å². The van der Waals surface area contributed by atoms with Crippen molar-refractivity contribution in [2.75, 3.05) is 6.54 Å². The van der Waals surface area contributed by atoms with Crippen molar-refractivity contribution in [3.05, 3.63) is 54.1 Å². The Balaban J connectivity index is 1.18. The van der Waals surface area contributed by atoms with Gasteiger partial charge in [0.2, 0.25) is 0 Å². The zero-order valence-electron chi connectivity index (χ0n) is 17.3. The lowest BCUT2D eigenvalue weighted by Gasteiger charge is -2.57. The van der Waals surface area contributed by atoms with E-state index in [0.717, 1.165) is 57.1 Å². The van der Waals surface area contributed by atoms with Gasteiger partial charge in [0.25, 0.3) is 5.91 Å². The second kappa shape index (κ2) is 7.19. The maximum atomic E-state index is 13.1. The van der Waals surface area contributed by atoms with E-state index in [2.05, 4.69) is 11.4 Å². The topological polar surface area (TPSA) is 42.0 Å². The number of rotatable bonds is 5. The Hall–Kier alpha value is -2.20. The van der Waals surface area contributed by atoms with Gasteiger partial charge in [0.05, 0.1) is 10.2 Å². The van der Waals surface area contributed by atoms with Crippen molar-refractivity contribution in [2.45, 2.75) is 44.9 Å². The second-order valence-corrected chi connectivity index (χ2v) is 11.0. The lowest BCUT2D eigenvalue weighted by atomic mass is 9.49. The number of benzene rings is 2. The number of nitrogens with one attached hydrogen (secondary N) is 1. The van der Waals surface area contributed by atoms with Crippen LogP contribution in [-0.2, 0) is 0 Å². The van der Waals surface area contributed by atoms with Crippen LogP contribution in [0.3, 0.4) is 0 Å². The molecular formula is C26H28N2OS. The Labute approximate surface area is 181 Å². The molecule has 4 bridgehead atoms. The van der Waals surface area contributed by atoms with Crippen molar-refractivity contribution in [1.29, 1.82) is 0 Å². The van der Waals surface area contributed by atoms with Crippen LogP contribution in [0.4, 0.5) is 0 Å². The Morgan fingerprint density at radius 3 is 2.37 bits per heavy atom. The first-order valence-corrected chi connectivity index (χ1v) is 12.2. The Morgan fingerprint density at radius 2 is 1.63 bits per heavy atom. The zero-order valence-corrected chi connectivity index (χ0v) is 18.1. The number of amides is 1. The van der Waals surface area contributed by atoms with Crippen molar-refractivity contribution >= 4 is 27.5 Å². The normalized spacial score (nSPS) is 29.4. The Bertz CT molecular complexity index is 1030. The van der Waals surface area contributed by atoms with E-state index >= 15 is 0 Å². The highest BCUT2D eigenvalue weighted by atomic mass is 32.1. The van der Waals surface area contributed by atoms with Crippen molar-refractivity contribution in [3.8, 4) is 10.6 Å². The summed E-state index contributed by atoms with van der Waals surface area (Å²) in [6.45, 7) is 0.791. The minimum atomic E-state index is 0.0367. The maximum Gasteiger partial charge on any atom is 0.251 e. The summed E-state index contributed by atoms with van der Waals surface area (Å²) in [7, 11) is 0. The third-order valence-corrected chi connectivity index (χ3v) is 8.87. The van der Waals surface area contributed by atoms with Gasteiger partial charge in [0.1, 0.15) is 5.01 Å². The summed E-state index contributed by atoms with van der Waals surface area (Å²) < 4.78 is 1.16. The van der Waals surface area contributed by atoms with Gasteiger partial charge < -0.3 is 5.32 Å². The number of thiazole rings is 1. The molecule has 0 unspecified atom stereocenters. The molecule has 4 heteroatoms. The van der Waals surface area contributed by atoms with Crippen LogP contribution < -0.4 is 5.32 Å². The smallest absolute Gasteiger partial charge is 0.251 e. The molecule has 1 amide bonds. The van der Waals surface area contributed by atoms with Gasteiger partial charge in [0, 0.05) is 17.7 Å². The lowest BCUT2D eigenvalue weighted by Crippen LogP contribution is -2.47. The fourth-order valence-electron chi connectivity index (χ4n) is 6.99. The van der Waals surface area contributed by atoms with Crippen LogP contribution in [0.1, 0.15) is 55.3 Å². The average molecular weight is 417 g/mol. The monoisotopic (exact) mass is 416 g/mol. The van der Waals surface area contributed by atoms with Gasteiger partial charge in [-0.3, -0.25) is 4.79 Å². The summed E-state index contributed by atoms with van der Waals surface area (Å²) in [4.78, 5) is 17.9. The molecule has 30 heavy (non-hydrogen) atoms. The van der Waals surface area contributed by atoms with Crippen LogP contribution in [0, 0.1) is 23.2 Å². The molecular weight excluding hydrogens is 388 g/mol. The quantitative estimate of drug-likeness (QED) is 0.530. The van der Waals surface area contributed by atoms with E-state index in [1.54, 1.807) is 11.3 Å². The van der Waals surface area contributed by atoms with Crippen LogP contribution in [0.5, 0.6) is 0 Å². The van der Waals surface area contributed by atoms with Gasteiger partial charge in [-0.15, -0.1) is 11.3 Å². The van der Waals surface area contributed by atoms with E-state index in [9.17, 15) is 4.79 Å². The first-order chi connectivity index (χ1) is 14.7. The molecule has 2 aromatic carbocycles. The fraction of sp³-hybridized carbons (Fsp3) is 0.462. The van der Waals surface area contributed by atoms with Crippen molar-refractivity contribution in [3.63, 3.8) is 0 Å². The van der Waals surface area contributed by atoms with Crippen LogP contribution in [0.25, 0.3) is 20.8 Å². The zero-order chi connectivity index (χ0) is 20.1. The molecule has 4 aliphatic rings. The Kier molecular flexibility index (Phi) is 4.45. The third-order valence-electron chi connectivity index (χ3n) is 7.80. The summed E-state index contributed by atoms with van der Waals surface area (Å²) in [5, 5.41) is 4.18. The van der Waals surface area contributed by atoms with Crippen molar-refractivity contribution in [1.82, 2.24) is 10.3 Å². The number of carbonyl (C=O) groups excluding carboxylic acids is 1. The van der Waals surface area contributed by atoms with Crippen LogP contribution in [0.15, 0.2) is 48.5 Å². The molecule has 0 aliphatic heterocycles. The minimum Gasteiger partial charge on any atom is -0.352 e. The average Bonchev–Trinajstić information content (AvgIpc) is 3.17. The van der Waals surface area contributed by atoms with Gasteiger partial charge >= 0.3 is 0 Å². The fourth-order valence-corrected chi connectivity index (χ4v) is 7.99. The van der Waals surface area contributed by atoms with Gasteiger partial charge in [-0.25, -0.2) is 4.98 Å². The van der Waals surface area contributed by atoms with E-state index in [4.69, 9.17) is 4.98 Å². The van der Waals surface area contributed by atoms with Gasteiger partial charge in [-0.2, -0.15) is 0 Å². The third kappa shape index (κ3) is 3.26. The maximum absolute atomic E-state index is 13.1. The number of aromatic nitrogens is 1. The number of fused-ring (bicyclic) bond motifs is 1. The molecule has 1 N–H and O–H groups in total.